The molecule has 0 radical (unpaired) electrons. The maximum atomic E-state index is 14.4. The van der Waals surface area contributed by atoms with E-state index in [0.29, 0.717) is 69.0 Å². The van der Waals surface area contributed by atoms with E-state index in [1.807, 2.05) is 6.92 Å². The summed E-state index contributed by atoms with van der Waals surface area (Å²) in [7, 11) is 0. The largest absolute Gasteiger partial charge is 0.370 e. The van der Waals surface area contributed by atoms with E-state index in [1.54, 1.807) is 15.5 Å². The Kier molecular flexibility index (Phi) is 8.29. The van der Waals surface area contributed by atoms with Gasteiger partial charge in [0.15, 0.2) is 5.65 Å². The summed E-state index contributed by atoms with van der Waals surface area (Å²) in [4.78, 5) is 33.8. The molecule has 13 heteroatoms. The van der Waals surface area contributed by atoms with Crippen LogP contribution >= 0.6 is 12.4 Å². The van der Waals surface area contributed by atoms with Crippen molar-refractivity contribution in [2.75, 3.05) is 26.2 Å². The highest BCUT2D eigenvalue weighted by atomic mass is 35.5. The number of aromatic nitrogens is 3. The number of benzene rings is 1. The first kappa shape index (κ1) is 29.3. The Morgan fingerprint density at radius 3 is 2.59 bits per heavy atom. The van der Waals surface area contributed by atoms with Crippen molar-refractivity contribution in [3.63, 3.8) is 0 Å². The van der Waals surface area contributed by atoms with Gasteiger partial charge in [0.25, 0.3) is 5.91 Å². The van der Waals surface area contributed by atoms with Crippen molar-refractivity contribution < 1.29 is 23.1 Å². The van der Waals surface area contributed by atoms with E-state index < -0.39 is 23.8 Å². The van der Waals surface area contributed by atoms with Crippen molar-refractivity contribution in [2.45, 2.75) is 57.3 Å². The molecule has 10 nitrogen and oxygen atoms in total. The minimum Gasteiger partial charge on any atom is -0.370 e. The van der Waals surface area contributed by atoms with Crippen molar-refractivity contribution in [2.24, 2.45) is 17.4 Å². The number of amides is 2. The average Bonchev–Trinajstić information content (AvgIpc) is 3.31. The number of piperidine rings is 1. The topological polar surface area (TPSA) is 132 Å². The molecule has 2 aromatic heterocycles. The fourth-order valence-electron chi connectivity index (χ4n) is 6.27. The molecule has 3 aliphatic heterocycles. The molecule has 0 spiro atoms. The second kappa shape index (κ2) is 11.6. The fourth-order valence-corrected chi connectivity index (χ4v) is 6.27. The lowest BCUT2D eigenvalue weighted by Crippen LogP contribution is -2.50. The molecular formula is C28H34ClF2N7O3. The van der Waals surface area contributed by atoms with Gasteiger partial charge >= 0.3 is 0 Å². The second-order valence-corrected chi connectivity index (χ2v) is 11.1. The second-order valence-electron chi connectivity index (χ2n) is 11.1. The number of carbonyl (C=O) groups excluding carboxylic acids is 2. The summed E-state index contributed by atoms with van der Waals surface area (Å²) >= 11 is 0. The first-order chi connectivity index (χ1) is 19.2. The Morgan fingerprint density at radius 1 is 1.12 bits per heavy atom. The molecular weight excluding hydrogens is 556 g/mol. The molecule has 1 aromatic carbocycles. The number of likely N-dealkylation sites (tertiary alicyclic amines) is 1. The maximum absolute atomic E-state index is 14.4. The molecule has 6 rings (SSSR count). The predicted octanol–water partition coefficient (Wildman–Crippen LogP) is 2.29. The van der Waals surface area contributed by atoms with E-state index >= 15 is 0 Å². The number of primary amides is 1. The Bertz CT molecular complexity index is 1480. The number of ether oxygens (including phenoxy) is 1. The number of halogens is 3. The van der Waals surface area contributed by atoms with E-state index in [9.17, 15) is 18.4 Å². The van der Waals surface area contributed by atoms with Gasteiger partial charge in [0.1, 0.15) is 23.4 Å². The van der Waals surface area contributed by atoms with E-state index in [1.165, 1.54) is 0 Å². The third kappa shape index (κ3) is 5.53. The molecule has 2 amide bonds. The van der Waals surface area contributed by atoms with Gasteiger partial charge in [0, 0.05) is 67.4 Å². The highest BCUT2D eigenvalue weighted by Crippen LogP contribution is 2.33. The number of carbonyl (C=O) groups is 2. The van der Waals surface area contributed by atoms with Gasteiger partial charge < -0.3 is 21.1 Å². The summed E-state index contributed by atoms with van der Waals surface area (Å²) in [5.74, 6) is -1.72. The van der Waals surface area contributed by atoms with E-state index in [4.69, 9.17) is 26.3 Å². The van der Waals surface area contributed by atoms with Crippen LogP contribution in [0.25, 0.3) is 5.65 Å². The van der Waals surface area contributed by atoms with Crippen LogP contribution in [0.4, 0.5) is 8.78 Å². The van der Waals surface area contributed by atoms with Gasteiger partial charge in [-0.05, 0) is 50.5 Å². The summed E-state index contributed by atoms with van der Waals surface area (Å²) in [6.45, 7) is 4.40. The molecule has 5 heterocycles. The minimum absolute atomic E-state index is 0. The molecule has 0 saturated carbocycles. The standard InChI is InChI=1S/C28H33F2N7O3.ClH/c1-15-10-24(28(39)35-7-4-16(5-8-35)26(32)38)37-27(33-15)20-13-36(9-6-23(20)34-37)18-12-22(31)25(40-14-18)19-11-17(29)2-3-21(19)30;/h2-3,10-11,16,18,22,25H,4-9,12-14,31H2,1H3,(H2,32,38);1H/t18-,22+,25-;/m1./s1. The van der Waals surface area contributed by atoms with Crippen LogP contribution in [0.3, 0.4) is 0 Å². The van der Waals surface area contributed by atoms with Gasteiger partial charge in [0.2, 0.25) is 5.91 Å². The summed E-state index contributed by atoms with van der Waals surface area (Å²) in [6, 6.07) is 4.58. The third-order valence-corrected chi connectivity index (χ3v) is 8.48. The Hall–Kier alpha value is -3.19. The molecule has 2 fully saturated rings. The van der Waals surface area contributed by atoms with Crippen LogP contribution in [0.5, 0.6) is 0 Å². The monoisotopic (exact) mass is 589 g/mol. The fraction of sp³-hybridized carbons (Fsp3) is 0.500. The minimum atomic E-state index is -0.713. The lowest BCUT2D eigenvalue weighted by Gasteiger charge is -2.41. The van der Waals surface area contributed by atoms with Crippen LogP contribution in [0.15, 0.2) is 24.3 Å². The van der Waals surface area contributed by atoms with Gasteiger partial charge in [-0.25, -0.2) is 18.3 Å². The molecule has 2 saturated heterocycles. The Labute approximate surface area is 242 Å². The normalized spacial score (nSPS) is 23.7. The van der Waals surface area contributed by atoms with Crippen LogP contribution in [-0.4, -0.2) is 74.5 Å². The van der Waals surface area contributed by atoms with E-state index in [-0.39, 0.29) is 41.7 Å². The lowest BCUT2D eigenvalue weighted by molar-refractivity contribution is -0.123. The van der Waals surface area contributed by atoms with Gasteiger partial charge in [-0.2, -0.15) is 5.10 Å². The Morgan fingerprint density at radius 2 is 1.88 bits per heavy atom. The van der Waals surface area contributed by atoms with Crippen molar-refractivity contribution in [3.8, 4) is 0 Å². The van der Waals surface area contributed by atoms with Crippen molar-refractivity contribution >= 4 is 29.9 Å². The molecule has 0 aliphatic carbocycles. The zero-order valence-electron chi connectivity index (χ0n) is 22.8. The number of rotatable bonds is 4. The van der Waals surface area contributed by atoms with E-state index in [0.717, 1.165) is 36.0 Å². The van der Waals surface area contributed by atoms with Crippen LogP contribution < -0.4 is 11.5 Å². The molecule has 3 aromatic rings. The lowest BCUT2D eigenvalue weighted by atomic mass is 9.92. The van der Waals surface area contributed by atoms with E-state index in [2.05, 4.69) is 4.90 Å². The van der Waals surface area contributed by atoms with Gasteiger partial charge in [-0.3, -0.25) is 14.5 Å². The molecule has 0 bridgehead atoms. The Balaban J connectivity index is 0.00000337. The van der Waals surface area contributed by atoms with Crippen molar-refractivity contribution in [1.82, 2.24) is 24.4 Å². The average molecular weight is 590 g/mol. The first-order valence-electron chi connectivity index (χ1n) is 13.7. The summed E-state index contributed by atoms with van der Waals surface area (Å²) in [5.41, 5.74) is 15.7. The maximum Gasteiger partial charge on any atom is 0.272 e. The number of nitrogens with two attached hydrogens (primary N) is 2. The van der Waals surface area contributed by atoms with Crippen molar-refractivity contribution in [3.05, 3.63) is 64.1 Å². The third-order valence-electron chi connectivity index (χ3n) is 8.48. The zero-order valence-corrected chi connectivity index (χ0v) is 23.6. The van der Waals surface area contributed by atoms with Gasteiger partial charge in [-0.1, -0.05) is 0 Å². The molecule has 0 unspecified atom stereocenters. The van der Waals surface area contributed by atoms with Crippen molar-refractivity contribution in [1.29, 1.82) is 0 Å². The van der Waals surface area contributed by atoms with Crippen LogP contribution in [0.2, 0.25) is 0 Å². The highest BCUT2D eigenvalue weighted by molar-refractivity contribution is 5.93. The first-order valence-corrected chi connectivity index (χ1v) is 13.7. The SMILES string of the molecule is Cc1cc(C(=O)N2CCC(C(N)=O)CC2)n2nc3c(c2n1)CN([C@H]1CO[C@H](c2cc(F)ccc2F)[C@@H](N)C1)CC3.Cl. The highest BCUT2D eigenvalue weighted by Gasteiger charge is 2.37. The smallest absolute Gasteiger partial charge is 0.272 e. The predicted molar refractivity (Wildman–Crippen MR) is 148 cm³/mol. The number of hydrogen-bond donors (Lipinski definition) is 2. The number of hydrogen-bond acceptors (Lipinski definition) is 7. The quantitative estimate of drug-likeness (QED) is 0.477. The number of fused-ring (bicyclic) bond motifs is 3. The number of nitrogens with zero attached hydrogens (tertiary/aromatic N) is 5. The van der Waals surface area contributed by atoms with Gasteiger partial charge in [0.05, 0.1) is 12.3 Å². The zero-order chi connectivity index (χ0) is 28.1. The number of aryl methyl sites for hydroxylation is 1. The van der Waals surface area contributed by atoms with Crippen LogP contribution in [-0.2, 0) is 22.5 Å². The summed E-state index contributed by atoms with van der Waals surface area (Å²) in [6.07, 6.45) is 1.62. The molecule has 3 atom stereocenters. The van der Waals surface area contributed by atoms with Gasteiger partial charge in [-0.15, -0.1) is 12.4 Å². The van der Waals surface area contributed by atoms with Crippen LogP contribution in [0, 0.1) is 24.5 Å². The summed E-state index contributed by atoms with van der Waals surface area (Å²) in [5, 5.41) is 4.79. The van der Waals surface area contributed by atoms with Crippen LogP contribution in [0.1, 0.15) is 58.4 Å². The molecule has 4 N–H and O–H groups in total. The molecule has 41 heavy (non-hydrogen) atoms. The molecule has 3 aliphatic rings. The molecule has 220 valence electrons. The summed E-state index contributed by atoms with van der Waals surface area (Å²) < 4.78 is 35.8.